The minimum Gasteiger partial charge on any atom is -0.305 e. The number of nitrogens with zero attached hydrogens (tertiary/aromatic N) is 1. The number of nitrogens with one attached hydrogen (secondary N) is 1. The summed E-state index contributed by atoms with van der Waals surface area (Å²) in [5, 5.41) is 3.96. The largest absolute Gasteiger partial charge is 0.305 e. The molecule has 1 N–H and O–H groups in total. The number of aryl methyl sites for hydroxylation is 3. The van der Waals surface area contributed by atoms with Crippen LogP contribution in [0.5, 0.6) is 0 Å². The normalized spacial score (nSPS) is 18.7. The topological polar surface area (TPSA) is 15.3 Å². The summed E-state index contributed by atoms with van der Waals surface area (Å²) in [6.45, 7) is 4.64. The van der Waals surface area contributed by atoms with Gasteiger partial charge in [-0.2, -0.15) is 0 Å². The van der Waals surface area contributed by atoms with E-state index >= 15 is 0 Å². The summed E-state index contributed by atoms with van der Waals surface area (Å²) in [6.07, 6.45) is 7.55. The van der Waals surface area contributed by atoms with Gasteiger partial charge in [0.1, 0.15) is 0 Å². The number of likely N-dealkylation sites (tertiary alicyclic amines) is 1. The van der Waals surface area contributed by atoms with Crippen LogP contribution in [-0.2, 0) is 24.7 Å². The molecule has 180 valence electrons. The van der Waals surface area contributed by atoms with Gasteiger partial charge in [-0.3, -0.25) is 0 Å². The van der Waals surface area contributed by atoms with Crippen LogP contribution in [0.3, 0.4) is 0 Å². The summed E-state index contributed by atoms with van der Waals surface area (Å²) < 4.78 is 0. The molecule has 0 radical (unpaired) electrons. The first kappa shape index (κ1) is 25.3. The number of halogens is 2. The Labute approximate surface area is 217 Å². The van der Waals surface area contributed by atoms with Gasteiger partial charge in [0.05, 0.1) is 6.04 Å². The van der Waals surface area contributed by atoms with E-state index in [-0.39, 0.29) is 24.8 Å². The van der Waals surface area contributed by atoms with Crippen LogP contribution in [0.4, 0.5) is 0 Å². The van der Waals surface area contributed by atoms with Crippen LogP contribution in [-0.4, -0.2) is 31.1 Å². The van der Waals surface area contributed by atoms with E-state index in [9.17, 15) is 0 Å². The molecule has 34 heavy (non-hydrogen) atoms. The van der Waals surface area contributed by atoms with Gasteiger partial charge in [0, 0.05) is 13.1 Å². The molecule has 3 aromatic rings. The molecule has 0 amide bonds. The van der Waals surface area contributed by atoms with Gasteiger partial charge in [-0.1, -0.05) is 72.8 Å². The second-order valence-corrected chi connectivity index (χ2v) is 10.1. The zero-order valence-corrected chi connectivity index (χ0v) is 21.5. The first-order valence-corrected chi connectivity index (χ1v) is 12.5. The molecule has 0 bridgehead atoms. The Morgan fingerprint density at radius 1 is 0.676 bits per heavy atom. The highest BCUT2D eigenvalue weighted by molar-refractivity contribution is 5.85. The molecule has 2 nitrogen and oxygen atoms in total. The van der Waals surface area contributed by atoms with Gasteiger partial charge in [0.25, 0.3) is 0 Å². The summed E-state index contributed by atoms with van der Waals surface area (Å²) in [6, 6.07) is 27.6. The van der Waals surface area contributed by atoms with Crippen LogP contribution in [0.15, 0.2) is 72.8 Å². The highest BCUT2D eigenvalue weighted by Crippen LogP contribution is 2.46. The van der Waals surface area contributed by atoms with Crippen molar-refractivity contribution >= 4 is 24.8 Å². The molecule has 4 heteroatoms. The van der Waals surface area contributed by atoms with Crippen molar-refractivity contribution in [3.05, 3.63) is 106 Å². The monoisotopic (exact) mass is 494 g/mol. The molecule has 1 saturated heterocycles. The second kappa shape index (κ2) is 10.8. The fourth-order valence-corrected chi connectivity index (χ4v) is 6.60. The van der Waals surface area contributed by atoms with Crippen LogP contribution in [0.2, 0.25) is 0 Å². The van der Waals surface area contributed by atoms with Gasteiger partial charge in [-0.15, -0.1) is 24.8 Å². The SMILES string of the molecule is Cl.Cl.c1ccc2c(c1)CCc1ccccc1C2NCCN1CCC2(CCc3ccccc32)CC1. The molecule has 0 atom stereocenters. The molecule has 2 aliphatic carbocycles. The van der Waals surface area contributed by atoms with Gasteiger partial charge in [0.15, 0.2) is 0 Å². The number of fused-ring (bicyclic) bond motifs is 4. The summed E-state index contributed by atoms with van der Waals surface area (Å²) in [5.74, 6) is 0. The average Bonchev–Trinajstić information content (AvgIpc) is 3.12. The Morgan fingerprint density at radius 2 is 1.24 bits per heavy atom. The Balaban J connectivity index is 0.00000137. The Morgan fingerprint density at radius 3 is 1.88 bits per heavy atom. The van der Waals surface area contributed by atoms with Crippen LogP contribution < -0.4 is 5.32 Å². The minimum absolute atomic E-state index is 0. The van der Waals surface area contributed by atoms with Crippen molar-refractivity contribution in [1.82, 2.24) is 10.2 Å². The lowest BCUT2D eigenvalue weighted by atomic mass is 9.74. The van der Waals surface area contributed by atoms with Crippen molar-refractivity contribution in [2.45, 2.75) is 50.0 Å². The number of piperidine rings is 1. The fraction of sp³-hybridized carbons (Fsp3) is 0.400. The van der Waals surface area contributed by atoms with Crippen LogP contribution in [0.1, 0.15) is 58.7 Å². The molecular weight excluding hydrogens is 459 g/mol. The van der Waals surface area contributed by atoms with Crippen molar-refractivity contribution in [3.8, 4) is 0 Å². The molecule has 1 heterocycles. The highest BCUT2D eigenvalue weighted by atomic mass is 35.5. The molecule has 1 fully saturated rings. The summed E-state index contributed by atoms with van der Waals surface area (Å²) in [4.78, 5) is 2.69. The highest BCUT2D eigenvalue weighted by Gasteiger charge is 2.40. The van der Waals surface area contributed by atoms with Gasteiger partial charge in [-0.05, 0) is 90.4 Å². The quantitative estimate of drug-likeness (QED) is 0.458. The second-order valence-electron chi connectivity index (χ2n) is 10.1. The third kappa shape index (κ3) is 4.66. The number of benzene rings is 3. The van der Waals surface area contributed by atoms with Gasteiger partial charge >= 0.3 is 0 Å². The summed E-state index contributed by atoms with van der Waals surface area (Å²) >= 11 is 0. The minimum atomic E-state index is 0. The van der Waals surface area contributed by atoms with E-state index in [2.05, 4.69) is 83.0 Å². The van der Waals surface area contributed by atoms with Crippen LogP contribution >= 0.6 is 24.8 Å². The molecule has 3 aliphatic rings. The maximum Gasteiger partial charge on any atom is 0.0582 e. The lowest BCUT2D eigenvalue weighted by Gasteiger charge is -2.40. The zero-order chi connectivity index (χ0) is 21.4. The Kier molecular flexibility index (Phi) is 8.05. The van der Waals surface area contributed by atoms with E-state index in [1.165, 1.54) is 61.0 Å². The molecule has 1 spiro atoms. The number of hydrogen-bond donors (Lipinski definition) is 1. The lowest BCUT2D eigenvalue weighted by Crippen LogP contribution is -2.44. The Hall–Kier alpha value is -1.84. The molecule has 6 rings (SSSR count). The standard InChI is InChI=1S/C30H34N2.2ClH/c1-4-10-26-23(7-1)13-14-24-8-2-5-11-27(24)29(26)31-19-22-32-20-17-30(18-21-32)16-15-25-9-3-6-12-28(25)30;;/h1-12,29,31H,13-22H2;2*1H. The molecule has 0 unspecified atom stereocenters. The smallest absolute Gasteiger partial charge is 0.0582 e. The molecule has 0 saturated carbocycles. The third-order valence-electron chi connectivity index (χ3n) is 8.45. The number of hydrogen-bond acceptors (Lipinski definition) is 2. The van der Waals surface area contributed by atoms with Crippen molar-refractivity contribution in [3.63, 3.8) is 0 Å². The molecular formula is C30H36Cl2N2. The summed E-state index contributed by atoms with van der Waals surface area (Å²) in [7, 11) is 0. The predicted molar refractivity (Wildman–Crippen MR) is 147 cm³/mol. The zero-order valence-electron chi connectivity index (χ0n) is 19.8. The van der Waals surface area contributed by atoms with E-state index in [1.807, 2.05) is 0 Å². The first-order chi connectivity index (χ1) is 15.8. The van der Waals surface area contributed by atoms with Crippen LogP contribution in [0.25, 0.3) is 0 Å². The molecule has 3 aromatic carbocycles. The maximum absolute atomic E-state index is 3.96. The molecule has 0 aromatic heterocycles. The first-order valence-electron chi connectivity index (χ1n) is 12.5. The van der Waals surface area contributed by atoms with E-state index in [1.54, 1.807) is 11.1 Å². The van der Waals surface area contributed by atoms with E-state index < -0.39 is 0 Å². The van der Waals surface area contributed by atoms with Gasteiger partial charge in [0.2, 0.25) is 0 Å². The third-order valence-corrected chi connectivity index (χ3v) is 8.45. The Bertz CT molecular complexity index is 1060. The van der Waals surface area contributed by atoms with E-state index in [0.717, 1.165) is 25.9 Å². The average molecular weight is 496 g/mol. The fourth-order valence-electron chi connectivity index (χ4n) is 6.60. The molecule has 1 aliphatic heterocycles. The van der Waals surface area contributed by atoms with E-state index in [0.29, 0.717) is 11.5 Å². The van der Waals surface area contributed by atoms with Crippen molar-refractivity contribution in [2.75, 3.05) is 26.2 Å². The predicted octanol–water partition coefficient (Wildman–Crippen LogP) is 6.29. The van der Waals surface area contributed by atoms with Crippen molar-refractivity contribution < 1.29 is 0 Å². The number of rotatable bonds is 4. The van der Waals surface area contributed by atoms with E-state index in [4.69, 9.17) is 0 Å². The van der Waals surface area contributed by atoms with Gasteiger partial charge in [-0.25, -0.2) is 0 Å². The van der Waals surface area contributed by atoms with Gasteiger partial charge < -0.3 is 10.2 Å². The van der Waals surface area contributed by atoms with Crippen molar-refractivity contribution in [1.29, 1.82) is 0 Å². The van der Waals surface area contributed by atoms with Crippen LogP contribution in [0, 0.1) is 0 Å². The van der Waals surface area contributed by atoms with Crippen molar-refractivity contribution in [2.24, 2.45) is 0 Å². The lowest BCUT2D eigenvalue weighted by molar-refractivity contribution is 0.158. The summed E-state index contributed by atoms with van der Waals surface area (Å²) in [5.41, 5.74) is 9.66. The maximum atomic E-state index is 3.96.